The summed E-state index contributed by atoms with van der Waals surface area (Å²) in [5.74, 6) is 0.288. The number of fused-ring (bicyclic) bond motifs is 1. The Labute approximate surface area is 118 Å². The van der Waals surface area contributed by atoms with Gasteiger partial charge in [-0.2, -0.15) is 0 Å². The van der Waals surface area contributed by atoms with Crippen molar-refractivity contribution in [3.8, 4) is 0 Å². The first-order chi connectivity index (χ1) is 9.66. The van der Waals surface area contributed by atoms with E-state index in [9.17, 15) is 4.79 Å². The average Bonchev–Trinajstić information content (AvgIpc) is 2.48. The summed E-state index contributed by atoms with van der Waals surface area (Å²) in [6.45, 7) is 2.71. The molecule has 20 heavy (non-hydrogen) atoms. The third-order valence-electron chi connectivity index (χ3n) is 3.69. The number of aromatic nitrogens is 1. The summed E-state index contributed by atoms with van der Waals surface area (Å²) in [7, 11) is 0. The maximum atomic E-state index is 12.8. The number of nitrogens with two attached hydrogens (primary N) is 1. The van der Waals surface area contributed by atoms with Gasteiger partial charge in [0.1, 0.15) is 5.82 Å². The predicted octanol–water partition coefficient (Wildman–Crippen LogP) is 2.04. The Morgan fingerprint density at radius 1 is 1.40 bits per heavy atom. The van der Waals surface area contributed by atoms with Crippen LogP contribution in [-0.2, 0) is 6.42 Å². The number of pyridine rings is 1. The molecule has 1 aromatic heterocycles. The van der Waals surface area contributed by atoms with Gasteiger partial charge in [-0.1, -0.05) is 24.3 Å². The Kier molecular flexibility index (Phi) is 3.24. The van der Waals surface area contributed by atoms with Gasteiger partial charge in [0.15, 0.2) is 5.78 Å². The van der Waals surface area contributed by atoms with Crippen LogP contribution < -0.4 is 11.1 Å². The number of carbonyl (C=O) groups is 1. The highest BCUT2D eigenvalue weighted by molar-refractivity contribution is 6.04. The van der Waals surface area contributed by atoms with Crippen LogP contribution in [0.1, 0.15) is 33.1 Å². The molecule has 1 atom stereocenters. The van der Waals surface area contributed by atoms with Gasteiger partial charge in [0, 0.05) is 12.7 Å². The van der Waals surface area contributed by atoms with Crippen LogP contribution in [0.25, 0.3) is 0 Å². The summed E-state index contributed by atoms with van der Waals surface area (Å²) < 4.78 is 0. The van der Waals surface area contributed by atoms with E-state index in [1.54, 1.807) is 6.20 Å². The molecular formula is C16H17N3O. The van der Waals surface area contributed by atoms with Crippen LogP contribution >= 0.6 is 0 Å². The molecule has 0 radical (unpaired) electrons. The van der Waals surface area contributed by atoms with Crippen molar-refractivity contribution in [2.45, 2.75) is 19.4 Å². The number of nitrogen functional groups attached to an aromatic ring is 1. The molecule has 0 saturated heterocycles. The van der Waals surface area contributed by atoms with E-state index in [1.807, 2.05) is 31.2 Å². The molecule has 2 aromatic rings. The Balaban J connectivity index is 2.02. The van der Waals surface area contributed by atoms with Gasteiger partial charge in [0.2, 0.25) is 0 Å². The van der Waals surface area contributed by atoms with Crippen molar-refractivity contribution in [2.75, 3.05) is 12.3 Å². The second-order valence-electron chi connectivity index (χ2n) is 5.15. The fourth-order valence-corrected chi connectivity index (χ4v) is 2.67. The summed E-state index contributed by atoms with van der Waals surface area (Å²) in [4.78, 5) is 16.8. The zero-order valence-electron chi connectivity index (χ0n) is 11.4. The largest absolute Gasteiger partial charge is 0.383 e. The van der Waals surface area contributed by atoms with E-state index in [1.165, 1.54) is 5.56 Å². The standard InChI is InChI=1S/C16H17N3O/c1-10-8-13(16(17)19-9-10)15(20)14-12-5-3-2-4-11(12)6-7-18-14/h2-5,8-9,14,18H,6-7H2,1H3,(H2,17,19). The van der Waals surface area contributed by atoms with Gasteiger partial charge < -0.3 is 11.1 Å². The third kappa shape index (κ3) is 2.18. The maximum Gasteiger partial charge on any atom is 0.187 e. The number of hydrogen-bond acceptors (Lipinski definition) is 4. The molecule has 3 N–H and O–H groups in total. The molecule has 4 nitrogen and oxygen atoms in total. The molecule has 3 rings (SSSR count). The fraction of sp³-hybridized carbons (Fsp3) is 0.250. The van der Waals surface area contributed by atoms with Crippen molar-refractivity contribution in [1.82, 2.24) is 10.3 Å². The summed E-state index contributed by atoms with van der Waals surface area (Å²) in [5, 5.41) is 3.29. The van der Waals surface area contributed by atoms with Crippen molar-refractivity contribution in [2.24, 2.45) is 0 Å². The molecule has 1 aliphatic heterocycles. The number of carbonyl (C=O) groups excluding carboxylic acids is 1. The normalized spacial score (nSPS) is 17.6. The minimum Gasteiger partial charge on any atom is -0.383 e. The van der Waals surface area contributed by atoms with Crippen molar-refractivity contribution >= 4 is 11.6 Å². The molecule has 0 fully saturated rings. The van der Waals surface area contributed by atoms with E-state index < -0.39 is 0 Å². The van der Waals surface area contributed by atoms with E-state index in [0.717, 1.165) is 24.1 Å². The molecule has 1 aromatic carbocycles. The van der Waals surface area contributed by atoms with Crippen molar-refractivity contribution in [3.05, 3.63) is 58.8 Å². The molecule has 1 aliphatic rings. The molecule has 0 bridgehead atoms. The number of hydrogen-bond donors (Lipinski definition) is 2. The topological polar surface area (TPSA) is 68.0 Å². The SMILES string of the molecule is Cc1cnc(N)c(C(=O)C2NCCc3ccccc32)c1. The van der Waals surface area contributed by atoms with Gasteiger partial charge in [-0.3, -0.25) is 4.79 Å². The van der Waals surface area contributed by atoms with Gasteiger partial charge in [-0.05, 0) is 36.1 Å². The molecule has 0 aliphatic carbocycles. The minimum absolute atomic E-state index is 0.00847. The lowest BCUT2D eigenvalue weighted by molar-refractivity contribution is 0.0940. The van der Waals surface area contributed by atoms with E-state index in [4.69, 9.17) is 5.73 Å². The van der Waals surface area contributed by atoms with Crippen LogP contribution in [0.5, 0.6) is 0 Å². The van der Waals surface area contributed by atoms with Crippen molar-refractivity contribution in [3.63, 3.8) is 0 Å². The zero-order valence-corrected chi connectivity index (χ0v) is 11.4. The van der Waals surface area contributed by atoms with Gasteiger partial charge in [-0.15, -0.1) is 0 Å². The highest BCUT2D eigenvalue weighted by Gasteiger charge is 2.28. The highest BCUT2D eigenvalue weighted by Crippen LogP contribution is 2.27. The van der Waals surface area contributed by atoms with Crippen molar-refractivity contribution < 1.29 is 4.79 Å². The molecule has 102 valence electrons. The predicted molar refractivity (Wildman–Crippen MR) is 78.6 cm³/mol. The van der Waals surface area contributed by atoms with Crippen LogP contribution in [0.4, 0.5) is 5.82 Å². The fourth-order valence-electron chi connectivity index (χ4n) is 2.67. The van der Waals surface area contributed by atoms with Gasteiger partial charge in [-0.25, -0.2) is 4.98 Å². The van der Waals surface area contributed by atoms with Crippen molar-refractivity contribution in [1.29, 1.82) is 0 Å². The summed E-state index contributed by atoms with van der Waals surface area (Å²) in [6, 6.07) is 9.53. The molecular weight excluding hydrogens is 250 g/mol. The summed E-state index contributed by atoms with van der Waals surface area (Å²) in [6.07, 6.45) is 2.62. The first-order valence-electron chi connectivity index (χ1n) is 6.74. The second kappa shape index (κ2) is 5.06. The quantitative estimate of drug-likeness (QED) is 0.817. The van der Waals surface area contributed by atoms with Crippen LogP contribution in [0.2, 0.25) is 0 Å². The van der Waals surface area contributed by atoms with Crippen LogP contribution in [0.3, 0.4) is 0 Å². The number of aryl methyl sites for hydroxylation is 1. The van der Waals surface area contributed by atoms with E-state index >= 15 is 0 Å². The van der Waals surface area contributed by atoms with Gasteiger partial charge >= 0.3 is 0 Å². The average molecular weight is 267 g/mol. The lowest BCUT2D eigenvalue weighted by Crippen LogP contribution is -2.35. The van der Waals surface area contributed by atoms with E-state index in [2.05, 4.69) is 16.4 Å². The molecule has 0 amide bonds. The molecule has 1 unspecified atom stereocenters. The lowest BCUT2D eigenvalue weighted by Gasteiger charge is -2.26. The Morgan fingerprint density at radius 3 is 3.05 bits per heavy atom. The third-order valence-corrected chi connectivity index (χ3v) is 3.69. The Hall–Kier alpha value is -2.20. The van der Waals surface area contributed by atoms with Gasteiger partial charge in [0.25, 0.3) is 0 Å². The number of rotatable bonds is 2. The van der Waals surface area contributed by atoms with E-state index in [0.29, 0.717) is 11.4 Å². The van der Waals surface area contributed by atoms with E-state index in [-0.39, 0.29) is 11.8 Å². The minimum atomic E-state index is -0.328. The Morgan fingerprint density at radius 2 is 2.20 bits per heavy atom. The number of Topliss-reactive ketones (excluding diaryl/α,β-unsaturated/α-hetero) is 1. The van der Waals surface area contributed by atoms with Crippen LogP contribution in [0.15, 0.2) is 36.5 Å². The maximum absolute atomic E-state index is 12.8. The van der Waals surface area contributed by atoms with Crippen LogP contribution in [-0.4, -0.2) is 17.3 Å². The number of benzene rings is 1. The smallest absolute Gasteiger partial charge is 0.187 e. The number of nitrogens with zero attached hydrogens (tertiary/aromatic N) is 1. The molecule has 0 spiro atoms. The molecule has 4 heteroatoms. The number of ketones is 1. The zero-order chi connectivity index (χ0) is 14.1. The van der Waals surface area contributed by atoms with Crippen LogP contribution in [0, 0.1) is 6.92 Å². The summed E-state index contributed by atoms with van der Waals surface area (Å²) in [5.41, 5.74) is 9.56. The lowest BCUT2D eigenvalue weighted by atomic mass is 9.89. The number of nitrogens with one attached hydrogen (secondary N) is 1. The molecule has 0 saturated carbocycles. The Bertz CT molecular complexity index is 667. The first-order valence-corrected chi connectivity index (χ1v) is 6.74. The second-order valence-corrected chi connectivity index (χ2v) is 5.15. The molecule has 2 heterocycles. The van der Waals surface area contributed by atoms with Gasteiger partial charge in [0.05, 0.1) is 11.6 Å². The first kappa shape index (κ1) is 12.8. The highest BCUT2D eigenvalue weighted by atomic mass is 16.1. The monoisotopic (exact) mass is 267 g/mol. The summed E-state index contributed by atoms with van der Waals surface area (Å²) >= 11 is 0. The number of anilines is 1.